The average Bonchev–Trinajstić information content (AvgIpc) is 2.90. The Hall–Kier alpha value is -1.88. The highest BCUT2D eigenvalue weighted by Crippen LogP contribution is 2.22. The molecule has 1 heterocycles. The van der Waals surface area contributed by atoms with Gasteiger partial charge in [-0.3, -0.25) is 9.59 Å². The summed E-state index contributed by atoms with van der Waals surface area (Å²) in [6, 6.07) is 7.01. The third kappa shape index (κ3) is 4.56. The smallest absolute Gasteiger partial charge is 0.305 e. The van der Waals surface area contributed by atoms with E-state index in [1.165, 1.54) is 0 Å². The van der Waals surface area contributed by atoms with Crippen LogP contribution in [0.25, 0.3) is 0 Å². The summed E-state index contributed by atoms with van der Waals surface area (Å²) in [6.45, 7) is 2.62. The summed E-state index contributed by atoms with van der Waals surface area (Å²) in [5, 5.41) is 11.9. The van der Waals surface area contributed by atoms with Crippen molar-refractivity contribution in [2.75, 3.05) is 6.61 Å². The number of carboxylic acid groups (broad SMARTS) is 1. The summed E-state index contributed by atoms with van der Waals surface area (Å²) < 4.78 is 5.44. The van der Waals surface area contributed by atoms with E-state index in [0.29, 0.717) is 13.0 Å². The van der Waals surface area contributed by atoms with Crippen LogP contribution in [0.4, 0.5) is 0 Å². The van der Waals surface area contributed by atoms with Gasteiger partial charge in [0.15, 0.2) is 0 Å². The summed E-state index contributed by atoms with van der Waals surface area (Å²) in [7, 11) is 0. The van der Waals surface area contributed by atoms with E-state index >= 15 is 0 Å². The maximum absolute atomic E-state index is 12.1. The molecule has 21 heavy (non-hydrogen) atoms. The van der Waals surface area contributed by atoms with E-state index in [1.54, 1.807) is 0 Å². The fraction of sp³-hybridized carbons (Fsp3) is 0.500. The van der Waals surface area contributed by atoms with Crippen LogP contribution < -0.4 is 5.32 Å². The molecular formula is C16H21NO4. The highest BCUT2D eigenvalue weighted by molar-refractivity contribution is 5.78. The Balaban J connectivity index is 2.04. The molecule has 1 aromatic rings. The van der Waals surface area contributed by atoms with Crippen molar-refractivity contribution in [2.45, 2.75) is 44.8 Å². The summed E-state index contributed by atoms with van der Waals surface area (Å²) in [4.78, 5) is 23.1. The number of amides is 1. The summed E-state index contributed by atoms with van der Waals surface area (Å²) in [5.74, 6) is -1.09. The van der Waals surface area contributed by atoms with Crippen LogP contribution in [0.1, 0.15) is 42.9 Å². The Bertz CT molecular complexity index is 509. The lowest BCUT2D eigenvalue weighted by Gasteiger charge is -2.20. The van der Waals surface area contributed by atoms with Crippen LogP contribution in [-0.2, 0) is 14.3 Å². The number of ether oxygens (including phenoxy) is 1. The van der Waals surface area contributed by atoms with Crippen molar-refractivity contribution in [3.63, 3.8) is 0 Å². The maximum Gasteiger partial charge on any atom is 0.305 e. The van der Waals surface area contributed by atoms with Crippen molar-refractivity contribution >= 4 is 11.9 Å². The molecule has 1 amide bonds. The molecule has 0 aliphatic carbocycles. The molecule has 0 unspecified atom stereocenters. The first kappa shape index (κ1) is 15.5. The quantitative estimate of drug-likeness (QED) is 0.842. The van der Waals surface area contributed by atoms with Gasteiger partial charge in [0.05, 0.1) is 25.0 Å². The Kier molecular flexibility index (Phi) is 5.33. The van der Waals surface area contributed by atoms with E-state index in [9.17, 15) is 9.59 Å². The van der Waals surface area contributed by atoms with Crippen LogP contribution in [-0.4, -0.2) is 29.7 Å². The largest absolute Gasteiger partial charge is 0.481 e. The van der Waals surface area contributed by atoms with Gasteiger partial charge >= 0.3 is 5.97 Å². The van der Waals surface area contributed by atoms with E-state index in [-0.39, 0.29) is 18.4 Å². The summed E-state index contributed by atoms with van der Waals surface area (Å²) in [6.07, 6.45) is 2.01. The van der Waals surface area contributed by atoms with Gasteiger partial charge in [0.1, 0.15) is 0 Å². The average molecular weight is 291 g/mol. The number of rotatable bonds is 6. The highest BCUT2D eigenvalue weighted by atomic mass is 16.5. The highest BCUT2D eigenvalue weighted by Gasteiger charge is 2.23. The van der Waals surface area contributed by atoms with E-state index in [2.05, 4.69) is 5.32 Å². The Labute approximate surface area is 124 Å². The summed E-state index contributed by atoms with van der Waals surface area (Å²) in [5.41, 5.74) is 1.82. The number of nitrogens with one attached hydrogen (secondary N) is 1. The second-order valence-electron chi connectivity index (χ2n) is 5.41. The van der Waals surface area contributed by atoms with Crippen molar-refractivity contribution in [3.8, 4) is 0 Å². The SMILES string of the molecule is Cc1ccccc1[C@@H](CC(=O)O)NC(=O)C[C@@H]1CCCO1. The minimum Gasteiger partial charge on any atom is -0.481 e. The van der Waals surface area contributed by atoms with Gasteiger partial charge < -0.3 is 15.2 Å². The number of carboxylic acids is 1. The third-order valence-electron chi connectivity index (χ3n) is 3.71. The molecule has 5 heteroatoms. The third-order valence-corrected chi connectivity index (χ3v) is 3.71. The van der Waals surface area contributed by atoms with E-state index in [1.807, 2.05) is 31.2 Å². The van der Waals surface area contributed by atoms with Crippen LogP contribution in [0, 0.1) is 6.92 Å². The number of carbonyl (C=O) groups excluding carboxylic acids is 1. The number of hydrogen-bond donors (Lipinski definition) is 2. The number of aliphatic carboxylic acids is 1. The van der Waals surface area contributed by atoms with Gasteiger partial charge in [0.2, 0.25) is 5.91 Å². The Morgan fingerprint density at radius 2 is 2.19 bits per heavy atom. The molecule has 2 N–H and O–H groups in total. The predicted molar refractivity (Wildman–Crippen MR) is 77.9 cm³/mol. The zero-order chi connectivity index (χ0) is 15.2. The van der Waals surface area contributed by atoms with Gasteiger partial charge in [-0.15, -0.1) is 0 Å². The fourth-order valence-corrected chi connectivity index (χ4v) is 2.66. The topological polar surface area (TPSA) is 75.6 Å². The number of benzene rings is 1. The minimum atomic E-state index is -0.930. The molecular weight excluding hydrogens is 270 g/mol. The maximum atomic E-state index is 12.1. The first-order valence-electron chi connectivity index (χ1n) is 7.24. The molecule has 2 rings (SSSR count). The molecule has 5 nitrogen and oxygen atoms in total. The van der Waals surface area contributed by atoms with Crippen LogP contribution in [0.2, 0.25) is 0 Å². The van der Waals surface area contributed by atoms with Crippen molar-refractivity contribution in [1.29, 1.82) is 0 Å². The minimum absolute atomic E-state index is 0.0349. The van der Waals surface area contributed by atoms with Crippen molar-refractivity contribution in [2.24, 2.45) is 0 Å². The van der Waals surface area contributed by atoms with Gasteiger partial charge in [-0.25, -0.2) is 0 Å². The van der Waals surface area contributed by atoms with Crippen LogP contribution in [0.3, 0.4) is 0 Å². The van der Waals surface area contributed by atoms with E-state index in [4.69, 9.17) is 9.84 Å². The van der Waals surface area contributed by atoms with Gasteiger partial charge in [-0.05, 0) is 30.9 Å². The standard InChI is InChI=1S/C16H21NO4/c1-11-5-2-3-7-13(11)14(10-16(19)20)17-15(18)9-12-6-4-8-21-12/h2-3,5,7,12,14H,4,6,8-10H2,1H3,(H,17,18)(H,19,20)/t12-,14+/m0/s1. The lowest BCUT2D eigenvalue weighted by molar-refractivity contribution is -0.137. The molecule has 0 bridgehead atoms. The van der Waals surface area contributed by atoms with E-state index in [0.717, 1.165) is 24.0 Å². The molecule has 0 radical (unpaired) electrons. The zero-order valence-corrected chi connectivity index (χ0v) is 12.2. The molecule has 2 atom stereocenters. The molecule has 1 aromatic carbocycles. The van der Waals surface area contributed by atoms with Crippen LogP contribution in [0.15, 0.2) is 24.3 Å². The number of carbonyl (C=O) groups is 2. The van der Waals surface area contributed by atoms with Gasteiger partial charge in [0.25, 0.3) is 0 Å². The van der Waals surface area contributed by atoms with Crippen molar-refractivity contribution in [3.05, 3.63) is 35.4 Å². The first-order valence-corrected chi connectivity index (χ1v) is 7.24. The van der Waals surface area contributed by atoms with Gasteiger partial charge in [0, 0.05) is 6.61 Å². The second kappa shape index (κ2) is 7.22. The lowest BCUT2D eigenvalue weighted by atomic mass is 9.98. The van der Waals surface area contributed by atoms with Gasteiger partial charge in [-0.1, -0.05) is 24.3 Å². The molecule has 1 aliphatic rings. The molecule has 1 fully saturated rings. The van der Waals surface area contributed by atoms with Crippen molar-refractivity contribution < 1.29 is 19.4 Å². The zero-order valence-electron chi connectivity index (χ0n) is 12.2. The molecule has 0 saturated carbocycles. The second-order valence-corrected chi connectivity index (χ2v) is 5.41. The lowest BCUT2D eigenvalue weighted by Crippen LogP contribution is -2.32. The summed E-state index contributed by atoms with van der Waals surface area (Å²) >= 11 is 0. The van der Waals surface area contributed by atoms with Crippen LogP contribution >= 0.6 is 0 Å². The number of hydrogen-bond acceptors (Lipinski definition) is 3. The van der Waals surface area contributed by atoms with Crippen LogP contribution in [0.5, 0.6) is 0 Å². The number of aryl methyl sites for hydroxylation is 1. The normalized spacial score (nSPS) is 19.2. The fourth-order valence-electron chi connectivity index (χ4n) is 2.66. The van der Waals surface area contributed by atoms with Gasteiger partial charge in [-0.2, -0.15) is 0 Å². The Morgan fingerprint density at radius 1 is 1.43 bits per heavy atom. The molecule has 1 aliphatic heterocycles. The molecule has 0 spiro atoms. The molecule has 1 saturated heterocycles. The Morgan fingerprint density at radius 3 is 2.81 bits per heavy atom. The molecule has 0 aromatic heterocycles. The van der Waals surface area contributed by atoms with E-state index < -0.39 is 12.0 Å². The predicted octanol–water partition coefficient (Wildman–Crippen LogP) is 2.20. The first-order chi connectivity index (χ1) is 10.1. The van der Waals surface area contributed by atoms with Crippen molar-refractivity contribution in [1.82, 2.24) is 5.32 Å². The monoisotopic (exact) mass is 291 g/mol. The molecule has 114 valence electrons.